The van der Waals surface area contributed by atoms with Crippen molar-refractivity contribution in [1.82, 2.24) is 20.6 Å². The molecule has 0 unspecified atom stereocenters. The summed E-state index contributed by atoms with van der Waals surface area (Å²) >= 11 is 3.33. The highest BCUT2D eigenvalue weighted by molar-refractivity contribution is 9.10. The van der Waals surface area contributed by atoms with E-state index >= 15 is 0 Å². The first-order valence-corrected chi connectivity index (χ1v) is 21.9. The summed E-state index contributed by atoms with van der Waals surface area (Å²) in [6.45, 7) is 6.68. The lowest BCUT2D eigenvalue weighted by Gasteiger charge is -2.17. The van der Waals surface area contributed by atoms with E-state index in [-0.39, 0.29) is 36.1 Å². The van der Waals surface area contributed by atoms with E-state index < -0.39 is 0 Å². The molecule has 5 aromatic carbocycles. The minimum Gasteiger partial charge on any atom is -0.449 e. The number of benzene rings is 5. The van der Waals surface area contributed by atoms with Crippen LogP contribution in [0, 0.1) is 6.92 Å². The van der Waals surface area contributed by atoms with Crippen LogP contribution < -0.4 is 10.6 Å². The summed E-state index contributed by atoms with van der Waals surface area (Å²) in [4.78, 5) is 33.7. The first-order chi connectivity index (χ1) is 30.2. The molecule has 0 saturated carbocycles. The van der Waals surface area contributed by atoms with Gasteiger partial charge in [-0.05, 0) is 123 Å². The second-order valence-electron chi connectivity index (χ2n) is 16.0. The van der Waals surface area contributed by atoms with E-state index in [1.165, 1.54) is 50.1 Å². The van der Waals surface area contributed by atoms with E-state index in [4.69, 9.17) is 9.47 Å². The number of carbonyl (C=O) groups is 2. The zero-order valence-corrected chi connectivity index (χ0v) is 36.6. The standard InChI is InChI=1S/C30H28N2O2.C23H21BrN2O2/c1-20-9-3-4-10-23(20)29-16-15-22(18-31-29)17-21(2)32-30(33)34-19-28-26-13-7-5-11-24(26)25-12-6-8-14-27(25)28;1-15(12-16-10-11-22(24)25-13-16)26-23(27)28-14-21-19-8-4-2-6-17(19)18-7-3-5-9-20(18)21/h3-16,18,21,28H,17,19H2,1-2H3,(H,32,33);2-11,13,15,21H,12,14H2,1H3,(H,26,27)/t21-;15-/m11/s1. The Hall–Kier alpha value is -6.58. The molecule has 0 aliphatic heterocycles. The molecule has 2 atom stereocenters. The van der Waals surface area contributed by atoms with E-state index in [0.29, 0.717) is 26.1 Å². The maximum absolute atomic E-state index is 12.6. The number of halogens is 1. The molecule has 62 heavy (non-hydrogen) atoms. The number of pyridine rings is 2. The van der Waals surface area contributed by atoms with Crippen LogP contribution in [0.2, 0.25) is 0 Å². The Labute approximate surface area is 371 Å². The fourth-order valence-corrected chi connectivity index (χ4v) is 8.82. The zero-order chi connectivity index (χ0) is 43.0. The van der Waals surface area contributed by atoms with Crippen LogP contribution in [-0.2, 0) is 22.3 Å². The second-order valence-corrected chi connectivity index (χ2v) is 16.8. The Kier molecular flexibility index (Phi) is 13.2. The third-order valence-electron chi connectivity index (χ3n) is 11.5. The van der Waals surface area contributed by atoms with Gasteiger partial charge in [-0.1, -0.05) is 133 Å². The monoisotopic (exact) mass is 884 g/mol. The number of carbonyl (C=O) groups excluding carboxylic acids is 2. The van der Waals surface area contributed by atoms with Crippen LogP contribution in [0.3, 0.4) is 0 Å². The molecule has 2 aromatic heterocycles. The van der Waals surface area contributed by atoms with Crippen LogP contribution in [0.25, 0.3) is 33.5 Å². The lowest BCUT2D eigenvalue weighted by atomic mass is 9.98. The minimum absolute atomic E-state index is 0.0429. The molecule has 2 aliphatic carbocycles. The third-order valence-corrected chi connectivity index (χ3v) is 12.0. The summed E-state index contributed by atoms with van der Waals surface area (Å²) in [6, 6.07) is 49.5. The van der Waals surface area contributed by atoms with Crippen LogP contribution in [0.15, 0.2) is 163 Å². The summed E-state index contributed by atoms with van der Waals surface area (Å²) in [5, 5.41) is 5.88. The molecule has 312 valence electrons. The highest BCUT2D eigenvalue weighted by Crippen LogP contribution is 2.45. The largest absolute Gasteiger partial charge is 0.449 e. The van der Waals surface area contributed by atoms with E-state index in [2.05, 4.69) is 122 Å². The molecule has 2 N–H and O–H groups in total. The molecule has 9 rings (SSSR count). The molecule has 0 fully saturated rings. The number of hydrogen-bond donors (Lipinski definition) is 2. The summed E-state index contributed by atoms with van der Waals surface area (Å²) in [5.74, 6) is 0.135. The molecule has 0 radical (unpaired) electrons. The lowest BCUT2D eigenvalue weighted by molar-refractivity contribution is 0.139. The topological polar surface area (TPSA) is 102 Å². The number of fused-ring (bicyclic) bond motifs is 6. The Morgan fingerprint density at radius 3 is 1.31 bits per heavy atom. The smallest absolute Gasteiger partial charge is 0.407 e. The van der Waals surface area contributed by atoms with Gasteiger partial charge in [0, 0.05) is 41.9 Å². The minimum atomic E-state index is -0.390. The molecule has 0 bridgehead atoms. The quantitative estimate of drug-likeness (QED) is 0.125. The molecule has 2 aliphatic rings. The zero-order valence-electron chi connectivity index (χ0n) is 35.1. The molecule has 0 spiro atoms. The van der Waals surface area contributed by atoms with Crippen molar-refractivity contribution in [3.63, 3.8) is 0 Å². The summed E-state index contributed by atoms with van der Waals surface area (Å²) in [7, 11) is 0. The average Bonchev–Trinajstić information content (AvgIpc) is 3.78. The summed E-state index contributed by atoms with van der Waals surface area (Å²) in [5.41, 5.74) is 15.2. The van der Waals surface area contributed by atoms with Gasteiger partial charge in [0.05, 0.1) is 5.69 Å². The number of hydrogen-bond acceptors (Lipinski definition) is 6. The Morgan fingerprint density at radius 2 is 0.919 bits per heavy atom. The van der Waals surface area contributed by atoms with Gasteiger partial charge in [-0.2, -0.15) is 0 Å². The molecule has 2 amide bonds. The highest BCUT2D eigenvalue weighted by atomic mass is 79.9. The van der Waals surface area contributed by atoms with Gasteiger partial charge < -0.3 is 20.1 Å². The Bertz CT molecular complexity index is 2580. The van der Waals surface area contributed by atoms with Crippen molar-refractivity contribution < 1.29 is 19.1 Å². The number of aromatic nitrogens is 2. The first-order valence-electron chi connectivity index (χ1n) is 21.1. The van der Waals surface area contributed by atoms with E-state index in [9.17, 15) is 9.59 Å². The second kappa shape index (κ2) is 19.4. The number of rotatable bonds is 11. The van der Waals surface area contributed by atoms with Gasteiger partial charge in [0.2, 0.25) is 0 Å². The van der Waals surface area contributed by atoms with Gasteiger partial charge in [-0.15, -0.1) is 0 Å². The van der Waals surface area contributed by atoms with Gasteiger partial charge >= 0.3 is 12.2 Å². The number of ether oxygens (including phenoxy) is 2. The van der Waals surface area contributed by atoms with E-state index in [1.807, 2.05) is 86.8 Å². The predicted molar refractivity (Wildman–Crippen MR) is 249 cm³/mol. The van der Waals surface area contributed by atoms with Crippen molar-refractivity contribution in [3.05, 3.63) is 202 Å². The van der Waals surface area contributed by atoms with Gasteiger partial charge in [0.1, 0.15) is 17.8 Å². The first kappa shape index (κ1) is 42.1. The molecular weight excluding hydrogens is 837 g/mol. The Morgan fingerprint density at radius 1 is 0.532 bits per heavy atom. The van der Waals surface area contributed by atoms with Crippen molar-refractivity contribution in [2.75, 3.05) is 13.2 Å². The molecule has 7 aromatic rings. The molecule has 8 nitrogen and oxygen atoms in total. The van der Waals surface area contributed by atoms with Gasteiger partial charge in [0.15, 0.2) is 0 Å². The fraction of sp³-hybridized carbons (Fsp3) is 0.208. The van der Waals surface area contributed by atoms with E-state index in [0.717, 1.165) is 27.0 Å². The lowest BCUT2D eigenvalue weighted by Crippen LogP contribution is -2.35. The van der Waals surface area contributed by atoms with Crippen LogP contribution in [0.5, 0.6) is 0 Å². The maximum atomic E-state index is 12.6. The van der Waals surface area contributed by atoms with Gasteiger partial charge in [-0.3, -0.25) is 4.98 Å². The summed E-state index contributed by atoms with van der Waals surface area (Å²) in [6.07, 6.45) is 4.30. The van der Waals surface area contributed by atoms with Gasteiger partial charge in [-0.25, -0.2) is 14.6 Å². The summed E-state index contributed by atoms with van der Waals surface area (Å²) < 4.78 is 12.1. The third kappa shape index (κ3) is 9.79. The molecule has 0 saturated heterocycles. The normalized spacial score (nSPS) is 13.3. The highest BCUT2D eigenvalue weighted by Gasteiger charge is 2.30. The average molecular weight is 886 g/mol. The fourth-order valence-electron chi connectivity index (χ4n) is 8.58. The number of alkyl carbamates (subject to hydrolysis) is 2. The number of nitrogens with zero attached hydrogens (tertiary/aromatic N) is 2. The number of amides is 2. The van der Waals surface area contributed by atoms with Crippen molar-refractivity contribution in [1.29, 1.82) is 0 Å². The van der Waals surface area contributed by atoms with Crippen molar-refractivity contribution in [2.45, 2.75) is 57.5 Å². The van der Waals surface area contributed by atoms with Crippen LogP contribution in [0.1, 0.15) is 64.6 Å². The van der Waals surface area contributed by atoms with Crippen molar-refractivity contribution in [2.24, 2.45) is 0 Å². The van der Waals surface area contributed by atoms with Crippen LogP contribution >= 0.6 is 15.9 Å². The maximum Gasteiger partial charge on any atom is 0.407 e. The predicted octanol–water partition coefficient (Wildman–Crippen LogP) is 11.8. The number of aryl methyl sites for hydroxylation is 1. The Balaban J connectivity index is 0.000000174. The van der Waals surface area contributed by atoms with Crippen LogP contribution in [-0.4, -0.2) is 47.5 Å². The van der Waals surface area contributed by atoms with E-state index in [1.54, 1.807) is 6.20 Å². The van der Waals surface area contributed by atoms with Crippen molar-refractivity contribution >= 4 is 28.1 Å². The van der Waals surface area contributed by atoms with Crippen LogP contribution in [0.4, 0.5) is 9.59 Å². The molecular formula is C53H49BrN4O4. The van der Waals surface area contributed by atoms with Gasteiger partial charge in [0.25, 0.3) is 0 Å². The number of nitrogens with one attached hydrogen (secondary N) is 2. The molecule has 2 heterocycles. The SMILES string of the molecule is C[C@H](Cc1ccc(Br)nc1)NC(=O)OCC1c2ccccc2-c2ccccc21.Cc1ccccc1-c1ccc(C[C@@H](C)NC(=O)OCC2c3ccccc3-c3ccccc32)cn1. The molecule has 9 heteroatoms. The van der Waals surface area contributed by atoms with Crippen molar-refractivity contribution in [3.8, 4) is 33.5 Å².